The molecule has 0 N–H and O–H groups in total. The lowest BCUT2D eigenvalue weighted by atomic mass is 9.79. The van der Waals surface area contributed by atoms with E-state index in [2.05, 4.69) is 33.1 Å². The fraction of sp³-hybridized carbons (Fsp3) is 0.667. The second kappa shape index (κ2) is 23.7. The monoisotopic (exact) mass is 634 g/mol. The number of rotatable bonds is 25. The van der Waals surface area contributed by atoms with Gasteiger partial charge >= 0.3 is 11.9 Å². The number of hydrogen-bond donors (Lipinski definition) is 0. The van der Waals surface area contributed by atoms with Gasteiger partial charge in [-0.1, -0.05) is 136 Å². The minimum Gasteiger partial charge on any atom is -0.428 e. The molecule has 4 heteroatoms. The maximum Gasteiger partial charge on any atom is 0.338 e. The van der Waals surface area contributed by atoms with Gasteiger partial charge in [0.1, 0.15) is 11.5 Å². The van der Waals surface area contributed by atoms with E-state index in [9.17, 15) is 9.59 Å². The Morgan fingerprint density at radius 3 is 1.48 bits per heavy atom. The minimum atomic E-state index is -0.360. The van der Waals surface area contributed by atoms with Crippen molar-refractivity contribution in [1.82, 2.24) is 0 Å². The van der Waals surface area contributed by atoms with Crippen LogP contribution in [0.2, 0.25) is 0 Å². The number of carbonyl (C=O) groups is 2. The van der Waals surface area contributed by atoms with Crippen LogP contribution < -0.4 is 0 Å². The molecule has 0 bridgehead atoms. The first kappa shape index (κ1) is 39.6. The lowest BCUT2D eigenvalue weighted by Gasteiger charge is -2.29. The molecule has 0 fully saturated rings. The number of ether oxygens (including phenoxy) is 2. The summed E-state index contributed by atoms with van der Waals surface area (Å²) in [5.74, 6) is 0.899. The molecule has 46 heavy (non-hydrogen) atoms. The van der Waals surface area contributed by atoms with E-state index in [1.54, 1.807) is 13.8 Å². The Bertz CT molecular complexity index is 1110. The Morgan fingerprint density at radius 2 is 1.02 bits per heavy atom. The zero-order chi connectivity index (χ0) is 33.6. The molecular formula is C42H66O4. The molecule has 0 unspecified atom stereocenters. The quantitative estimate of drug-likeness (QED) is 0.0569. The molecule has 4 nitrogen and oxygen atoms in total. The summed E-state index contributed by atoms with van der Waals surface area (Å²) in [6.07, 6.45) is 32.5. The van der Waals surface area contributed by atoms with Crippen molar-refractivity contribution in [3.05, 3.63) is 70.3 Å². The van der Waals surface area contributed by atoms with Crippen molar-refractivity contribution in [2.75, 3.05) is 0 Å². The Kier molecular flexibility index (Phi) is 20.3. The SMILES string of the molecule is C=C(C)C(=O)OC1=CC=C(C2=C(CCCCCCCCCCC)C(CCCCCCCCCCC)=C(OC(=O)C(=C)C)CC2)CC1. The van der Waals surface area contributed by atoms with Gasteiger partial charge in [-0.2, -0.15) is 0 Å². The largest absolute Gasteiger partial charge is 0.428 e. The average molecular weight is 635 g/mol. The van der Waals surface area contributed by atoms with Crippen LogP contribution in [-0.2, 0) is 19.1 Å². The number of hydrogen-bond acceptors (Lipinski definition) is 4. The number of carbonyl (C=O) groups excluding carboxylic acids is 2. The van der Waals surface area contributed by atoms with Crippen LogP contribution in [0.25, 0.3) is 0 Å². The van der Waals surface area contributed by atoms with Gasteiger partial charge in [-0.15, -0.1) is 0 Å². The van der Waals surface area contributed by atoms with Crippen molar-refractivity contribution in [3.63, 3.8) is 0 Å². The summed E-state index contributed by atoms with van der Waals surface area (Å²) in [6, 6.07) is 0. The summed E-state index contributed by atoms with van der Waals surface area (Å²) in [7, 11) is 0. The van der Waals surface area contributed by atoms with Gasteiger partial charge in [0.15, 0.2) is 0 Å². The topological polar surface area (TPSA) is 52.6 Å². The zero-order valence-electron chi connectivity index (χ0n) is 30.2. The molecule has 0 saturated heterocycles. The third-order valence-corrected chi connectivity index (χ3v) is 9.36. The van der Waals surface area contributed by atoms with Gasteiger partial charge in [0.2, 0.25) is 0 Å². The van der Waals surface area contributed by atoms with E-state index in [-0.39, 0.29) is 11.9 Å². The molecule has 0 radical (unpaired) electrons. The van der Waals surface area contributed by atoms with Gasteiger partial charge < -0.3 is 9.47 Å². The lowest BCUT2D eigenvalue weighted by molar-refractivity contribution is -0.136. The van der Waals surface area contributed by atoms with Crippen molar-refractivity contribution in [2.24, 2.45) is 0 Å². The Morgan fingerprint density at radius 1 is 0.565 bits per heavy atom. The second-order valence-electron chi connectivity index (χ2n) is 13.7. The molecule has 2 rings (SSSR count). The van der Waals surface area contributed by atoms with Crippen LogP contribution >= 0.6 is 0 Å². The van der Waals surface area contributed by atoms with Gasteiger partial charge in [0.25, 0.3) is 0 Å². The van der Waals surface area contributed by atoms with E-state index in [0.29, 0.717) is 23.3 Å². The highest BCUT2D eigenvalue weighted by Gasteiger charge is 2.27. The molecule has 0 aromatic heterocycles. The summed E-state index contributed by atoms with van der Waals surface area (Å²) >= 11 is 0. The summed E-state index contributed by atoms with van der Waals surface area (Å²) in [4.78, 5) is 24.8. The number of esters is 2. The second-order valence-corrected chi connectivity index (χ2v) is 13.7. The fourth-order valence-corrected chi connectivity index (χ4v) is 6.53. The molecule has 0 atom stereocenters. The molecule has 0 spiro atoms. The smallest absolute Gasteiger partial charge is 0.338 e. The van der Waals surface area contributed by atoms with Gasteiger partial charge in [0, 0.05) is 24.0 Å². The highest BCUT2D eigenvalue weighted by atomic mass is 16.5. The van der Waals surface area contributed by atoms with Crippen LogP contribution in [0.4, 0.5) is 0 Å². The molecule has 0 amide bonds. The lowest BCUT2D eigenvalue weighted by Crippen LogP contribution is -2.15. The van der Waals surface area contributed by atoms with E-state index in [0.717, 1.165) is 50.7 Å². The van der Waals surface area contributed by atoms with Gasteiger partial charge in [-0.05, 0) is 80.7 Å². The maximum absolute atomic E-state index is 12.7. The first-order valence-electron chi connectivity index (χ1n) is 18.9. The van der Waals surface area contributed by atoms with Crippen molar-refractivity contribution in [3.8, 4) is 0 Å². The van der Waals surface area contributed by atoms with E-state index < -0.39 is 0 Å². The third-order valence-electron chi connectivity index (χ3n) is 9.36. The number of allylic oxidation sites excluding steroid dienone is 8. The van der Waals surface area contributed by atoms with E-state index in [1.807, 2.05) is 6.08 Å². The molecule has 0 aromatic rings. The predicted molar refractivity (Wildman–Crippen MR) is 194 cm³/mol. The fourth-order valence-electron chi connectivity index (χ4n) is 6.53. The Balaban J connectivity index is 2.23. The van der Waals surface area contributed by atoms with Crippen LogP contribution in [-0.4, -0.2) is 11.9 Å². The molecular weight excluding hydrogens is 568 g/mol. The Labute approximate surface area is 282 Å². The molecule has 0 saturated carbocycles. The number of unbranched alkanes of at least 4 members (excludes halogenated alkanes) is 16. The molecule has 2 aliphatic carbocycles. The predicted octanol–water partition coefficient (Wildman–Crippen LogP) is 13.0. The van der Waals surface area contributed by atoms with Crippen LogP contribution in [0.15, 0.2) is 70.3 Å². The third kappa shape index (κ3) is 15.3. The summed E-state index contributed by atoms with van der Waals surface area (Å²) in [5.41, 5.74) is 6.28. The highest BCUT2D eigenvalue weighted by Crippen LogP contribution is 2.42. The van der Waals surface area contributed by atoms with E-state index in [1.165, 1.54) is 125 Å². The molecule has 258 valence electrons. The minimum absolute atomic E-state index is 0.311. The van der Waals surface area contributed by atoms with Crippen molar-refractivity contribution in [2.45, 2.75) is 182 Å². The summed E-state index contributed by atoms with van der Waals surface area (Å²) in [5, 5.41) is 0. The van der Waals surface area contributed by atoms with E-state index in [4.69, 9.17) is 9.47 Å². The first-order valence-corrected chi connectivity index (χ1v) is 18.9. The highest BCUT2D eigenvalue weighted by molar-refractivity contribution is 5.88. The van der Waals surface area contributed by atoms with Crippen LogP contribution in [0.3, 0.4) is 0 Å². The van der Waals surface area contributed by atoms with E-state index >= 15 is 0 Å². The molecule has 0 aromatic carbocycles. The normalized spacial score (nSPS) is 15.0. The van der Waals surface area contributed by atoms with Crippen molar-refractivity contribution in [1.29, 1.82) is 0 Å². The van der Waals surface area contributed by atoms with Crippen LogP contribution in [0.1, 0.15) is 182 Å². The van der Waals surface area contributed by atoms with Crippen LogP contribution in [0.5, 0.6) is 0 Å². The van der Waals surface area contributed by atoms with Crippen molar-refractivity contribution < 1.29 is 19.1 Å². The Hall–Kier alpha value is -2.62. The zero-order valence-corrected chi connectivity index (χ0v) is 30.2. The average Bonchev–Trinajstić information content (AvgIpc) is 3.04. The molecule has 0 heterocycles. The standard InChI is InChI=1S/C42H66O4/c1-7-9-11-13-15-17-19-21-23-25-38-37(35-27-29-36(30-28-35)45-41(43)33(3)4)31-32-40(46-42(44)34(5)6)39(38)26-24-22-20-18-16-14-12-10-8-2/h27,29H,3,5,7-26,28,30-32H2,1-2,4,6H3. The van der Waals surface area contributed by atoms with Gasteiger partial charge in [-0.3, -0.25) is 0 Å². The van der Waals surface area contributed by atoms with Crippen LogP contribution in [0, 0.1) is 0 Å². The summed E-state index contributed by atoms with van der Waals surface area (Å²) < 4.78 is 11.6. The van der Waals surface area contributed by atoms with Crippen molar-refractivity contribution >= 4 is 11.9 Å². The first-order chi connectivity index (χ1) is 22.3. The summed E-state index contributed by atoms with van der Waals surface area (Å²) in [6.45, 7) is 15.5. The molecule has 2 aliphatic rings. The van der Waals surface area contributed by atoms with Gasteiger partial charge in [0.05, 0.1) is 0 Å². The molecule has 0 aliphatic heterocycles. The van der Waals surface area contributed by atoms with Gasteiger partial charge in [-0.25, -0.2) is 9.59 Å². The maximum atomic E-state index is 12.7.